The first-order valence-electron chi connectivity index (χ1n) is 11.5. The van der Waals surface area contributed by atoms with Gasteiger partial charge < -0.3 is 10.1 Å². The number of ether oxygens (including phenoxy) is 1. The molecule has 0 bridgehead atoms. The molecule has 1 aliphatic rings. The highest BCUT2D eigenvalue weighted by atomic mass is 32.2. The Bertz CT molecular complexity index is 1140. The van der Waals surface area contributed by atoms with Crippen LogP contribution in [0.4, 0.5) is 5.69 Å². The summed E-state index contributed by atoms with van der Waals surface area (Å²) in [6.07, 6.45) is 3.55. The number of nitrogens with one attached hydrogen (secondary N) is 2. The van der Waals surface area contributed by atoms with Crippen molar-refractivity contribution in [1.29, 1.82) is 0 Å². The molecule has 34 heavy (non-hydrogen) atoms. The van der Waals surface area contributed by atoms with Crippen LogP contribution in [-0.2, 0) is 21.4 Å². The highest BCUT2D eigenvalue weighted by molar-refractivity contribution is 7.90. The summed E-state index contributed by atoms with van der Waals surface area (Å²) in [4.78, 5) is 18.9. The van der Waals surface area contributed by atoms with Gasteiger partial charge in [0.2, 0.25) is 5.91 Å². The number of rotatable bonds is 8. The van der Waals surface area contributed by atoms with Gasteiger partial charge in [0.05, 0.1) is 18.6 Å². The van der Waals surface area contributed by atoms with E-state index in [0.717, 1.165) is 41.7 Å². The Kier molecular flexibility index (Phi) is 8.68. The van der Waals surface area contributed by atoms with Gasteiger partial charge in [0.25, 0.3) is 10.0 Å². The molecule has 0 radical (unpaired) electrons. The third-order valence-electron chi connectivity index (χ3n) is 5.64. The molecule has 2 N–H and O–H groups in total. The lowest BCUT2D eigenvalue weighted by Gasteiger charge is -2.18. The molecule has 9 heteroatoms. The van der Waals surface area contributed by atoms with E-state index in [9.17, 15) is 13.2 Å². The van der Waals surface area contributed by atoms with Gasteiger partial charge in [-0.05, 0) is 68.6 Å². The molecule has 3 rings (SSSR count). The number of amidine groups is 1. The predicted octanol–water partition coefficient (Wildman–Crippen LogP) is 3.63. The van der Waals surface area contributed by atoms with Crippen molar-refractivity contribution in [3.63, 3.8) is 0 Å². The Labute approximate surface area is 202 Å². The summed E-state index contributed by atoms with van der Waals surface area (Å²) in [5, 5.41) is 2.80. The fourth-order valence-electron chi connectivity index (χ4n) is 4.18. The van der Waals surface area contributed by atoms with Crippen LogP contribution >= 0.6 is 0 Å². The van der Waals surface area contributed by atoms with Gasteiger partial charge >= 0.3 is 0 Å². The number of likely N-dealkylation sites (N-methyl/N-ethyl adjacent to an activating group) is 1. The lowest BCUT2D eigenvalue weighted by atomic mass is 10.1. The highest BCUT2D eigenvalue weighted by Crippen LogP contribution is 2.25. The van der Waals surface area contributed by atoms with Crippen molar-refractivity contribution in [2.24, 2.45) is 4.99 Å². The summed E-state index contributed by atoms with van der Waals surface area (Å²) in [7, 11) is -0.237. The summed E-state index contributed by atoms with van der Waals surface area (Å²) in [5.41, 5.74) is 3.63. The van der Waals surface area contributed by atoms with Gasteiger partial charge in [0, 0.05) is 25.2 Å². The minimum atomic E-state index is -3.76. The fourth-order valence-corrected chi connectivity index (χ4v) is 5.31. The van der Waals surface area contributed by atoms with E-state index >= 15 is 0 Å². The van der Waals surface area contributed by atoms with E-state index in [0.29, 0.717) is 31.0 Å². The first-order valence-corrected chi connectivity index (χ1v) is 12.9. The molecule has 8 nitrogen and oxygen atoms in total. The summed E-state index contributed by atoms with van der Waals surface area (Å²) in [6.45, 7) is 5.40. The molecule has 0 aliphatic carbocycles. The molecule has 0 unspecified atom stereocenters. The van der Waals surface area contributed by atoms with Crippen LogP contribution in [0.15, 0.2) is 46.3 Å². The Morgan fingerprint density at radius 3 is 2.56 bits per heavy atom. The molecule has 2 aromatic carbocycles. The number of methoxy groups -OCH3 is 1. The van der Waals surface area contributed by atoms with Crippen molar-refractivity contribution < 1.29 is 17.9 Å². The second-order valence-electron chi connectivity index (χ2n) is 8.76. The standard InChI is InChI=1S/C25H34N4O4S/c1-18-13-20(14-19(2)25(18)33-4)16-29(3)17-24(30)27-21-9-8-10-22(15-21)34(31,32)28-23-11-6-5-7-12-26-23/h8-10,13-15H,5-7,11-12,16-17H2,1-4H3,(H,26,28)(H,27,30). The van der Waals surface area contributed by atoms with E-state index < -0.39 is 10.0 Å². The van der Waals surface area contributed by atoms with Crippen LogP contribution < -0.4 is 14.8 Å². The molecule has 1 heterocycles. The molecule has 1 aliphatic heterocycles. The topological polar surface area (TPSA) is 100 Å². The molecular formula is C25H34N4O4S. The zero-order valence-electron chi connectivity index (χ0n) is 20.3. The Balaban J connectivity index is 1.61. The smallest absolute Gasteiger partial charge is 0.262 e. The van der Waals surface area contributed by atoms with Crippen LogP contribution in [0.25, 0.3) is 0 Å². The number of anilines is 1. The first kappa shape index (κ1) is 25.7. The fraction of sp³-hybridized carbons (Fsp3) is 0.440. The number of amides is 1. The van der Waals surface area contributed by atoms with Crippen molar-refractivity contribution in [3.8, 4) is 5.75 Å². The zero-order valence-corrected chi connectivity index (χ0v) is 21.2. The number of aliphatic imine (C=N–C) groups is 1. The maximum Gasteiger partial charge on any atom is 0.262 e. The zero-order chi connectivity index (χ0) is 24.7. The number of hydrogen-bond donors (Lipinski definition) is 2. The average molecular weight is 487 g/mol. The first-order chi connectivity index (χ1) is 16.2. The largest absolute Gasteiger partial charge is 0.496 e. The van der Waals surface area contributed by atoms with Crippen LogP contribution in [0.5, 0.6) is 5.75 Å². The minimum Gasteiger partial charge on any atom is -0.496 e. The highest BCUT2D eigenvalue weighted by Gasteiger charge is 2.18. The van der Waals surface area contributed by atoms with E-state index in [4.69, 9.17) is 4.74 Å². The van der Waals surface area contributed by atoms with E-state index in [1.165, 1.54) is 12.1 Å². The van der Waals surface area contributed by atoms with Crippen molar-refractivity contribution in [2.45, 2.75) is 51.0 Å². The molecule has 0 spiro atoms. The quantitative estimate of drug-likeness (QED) is 0.594. The average Bonchev–Trinajstić information content (AvgIpc) is 3.01. The summed E-state index contributed by atoms with van der Waals surface area (Å²) < 4.78 is 33.6. The Morgan fingerprint density at radius 1 is 1.12 bits per heavy atom. The van der Waals surface area contributed by atoms with Crippen LogP contribution in [0.2, 0.25) is 0 Å². The maximum absolute atomic E-state index is 12.8. The number of carbonyl (C=O) groups is 1. The molecule has 1 amide bonds. The Morgan fingerprint density at radius 2 is 1.85 bits per heavy atom. The lowest BCUT2D eigenvalue weighted by Crippen LogP contribution is -2.31. The number of nitrogens with zero attached hydrogens (tertiary/aromatic N) is 2. The number of carbonyl (C=O) groups excluding carboxylic acids is 1. The van der Waals surface area contributed by atoms with Gasteiger partial charge in [0.1, 0.15) is 11.6 Å². The number of sulfonamides is 1. The SMILES string of the molecule is COc1c(C)cc(CN(C)CC(=O)Nc2cccc(S(=O)(=O)NC3=NCCCCC3)c2)cc1C. The molecule has 2 aromatic rings. The summed E-state index contributed by atoms with van der Waals surface area (Å²) in [6, 6.07) is 10.4. The molecule has 0 atom stereocenters. The van der Waals surface area contributed by atoms with Crippen LogP contribution in [0, 0.1) is 13.8 Å². The van der Waals surface area contributed by atoms with Gasteiger partial charge in [-0.15, -0.1) is 0 Å². The minimum absolute atomic E-state index is 0.0924. The van der Waals surface area contributed by atoms with Gasteiger partial charge in [-0.25, -0.2) is 8.42 Å². The predicted molar refractivity (Wildman–Crippen MR) is 135 cm³/mol. The van der Waals surface area contributed by atoms with E-state index in [2.05, 4.69) is 27.2 Å². The van der Waals surface area contributed by atoms with Crippen molar-refractivity contribution >= 4 is 27.5 Å². The van der Waals surface area contributed by atoms with Gasteiger partial charge in [-0.3, -0.25) is 19.4 Å². The molecule has 0 fully saturated rings. The second-order valence-corrected chi connectivity index (χ2v) is 10.4. The number of hydrogen-bond acceptors (Lipinski definition) is 6. The molecular weight excluding hydrogens is 452 g/mol. The maximum atomic E-state index is 12.8. The van der Waals surface area contributed by atoms with Gasteiger partial charge in [-0.1, -0.05) is 24.6 Å². The number of benzene rings is 2. The van der Waals surface area contributed by atoms with Crippen molar-refractivity contribution in [3.05, 3.63) is 53.1 Å². The molecule has 184 valence electrons. The second kappa shape index (κ2) is 11.5. The van der Waals surface area contributed by atoms with Crippen molar-refractivity contribution in [1.82, 2.24) is 9.62 Å². The summed E-state index contributed by atoms with van der Waals surface area (Å²) in [5.74, 6) is 1.15. The van der Waals surface area contributed by atoms with Gasteiger partial charge in [-0.2, -0.15) is 0 Å². The normalized spacial score (nSPS) is 14.3. The van der Waals surface area contributed by atoms with E-state index in [1.54, 1.807) is 19.2 Å². The van der Waals surface area contributed by atoms with Crippen LogP contribution in [0.3, 0.4) is 0 Å². The third kappa shape index (κ3) is 7.04. The van der Waals surface area contributed by atoms with Crippen LogP contribution in [0.1, 0.15) is 42.4 Å². The molecule has 0 aromatic heterocycles. The van der Waals surface area contributed by atoms with Crippen molar-refractivity contribution in [2.75, 3.05) is 32.6 Å². The number of aryl methyl sites for hydroxylation is 2. The third-order valence-corrected chi connectivity index (χ3v) is 7.02. The monoisotopic (exact) mass is 486 g/mol. The molecule has 0 saturated carbocycles. The molecule has 0 saturated heterocycles. The van der Waals surface area contributed by atoms with E-state index in [-0.39, 0.29) is 17.3 Å². The van der Waals surface area contributed by atoms with Crippen LogP contribution in [-0.4, -0.2) is 52.3 Å². The lowest BCUT2D eigenvalue weighted by molar-refractivity contribution is -0.117. The Hall–Kier alpha value is -2.91. The van der Waals surface area contributed by atoms with E-state index in [1.807, 2.05) is 25.8 Å². The summed E-state index contributed by atoms with van der Waals surface area (Å²) >= 11 is 0. The van der Waals surface area contributed by atoms with Gasteiger partial charge in [0.15, 0.2) is 0 Å².